The Hall–Kier alpha value is -0.860. The number of nitrogens with one attached hydrogen (secondary N) is 1. The van der Waals surface area contributed by atoms with Gasteiger partial charge in [0.15, 0.2) is 0 Å². The van der Waals surface area contributed by atoms with Gasteiger partial charge in [0.25, 0.3) is 0 Å². The molecule has 0 fully saturated rings. The molecule has 0 amide bonds. The quantitative estimate of drug-likeness (QED) is 0.762. The Bertz CT molecular complexity index is 321. The Morgan fingerprint density at radius 1 is 1.22 bits per heavy atom. The molecule has 0 saturated carbocycles. The van der Waals surface area contributed by atoms with Crippen LogP contribution in [-0.2, 0) is 11.2 Å². The highest BCUT2D eigenvalue weighted by molar-refractivity contribution is 5.14. The third kappa shape index (κ3) is 4.79. The van der Waals surface area contributed by atoms with Crippen molar-refractivity contribution >= 4 is 0 Å². The average Bonchev–Trinajstić information content (AvgIpc) is 2.35. The molecule has 0 aromatic heterocycles. The lowest BCUT2D eigenvalue weighted by atomic mass is 9.92. The van der Waals surface area contributed by atoms with Crippen LogP contribution in [0, 0.1) is 0 Å². The minimum absolute atomic E-state index is 0.0970. The normalized spacial score (nSPS) is 13.6. The van der Waals surface area contributed by atoms with Crippen molar-refractivity contribution in [3.8, 4) is 0 Å². The fourth-order valence-electron chi connectivity index (χ4n) is 2.47. The fourth-order valence-corrected chi connectivity index (χ4v) is 2.47. The molecule has 0 saturated heterocycles. The molecule has 0 aliphatic rings. The Labute approximate surface area is 112 Å². The van der Waals surface area contributed by atoms with Gasteiger partial charge in [-0.15, -0.1) is 0 Å². The zero-order valence-corrected chi connectivity index (χ0v) is 12.2. The molecule has 0 aliphatic carbocycles. The Morgan fingerprint density at radius 3 is 2.44 bits per heavy atom. The Morgan fingerprint density at radius 2 is 1.89 bits per heavy atom. The van der Waals surface area contributed by atoms with Crippen LogP contribution in [0.5, 0.6) is 0 Å². The van der Waals surface area contributed by atoms with Gasteiger partial charge in [-0.05, 0) is 52.6 Å². The van der Waals surface area contributed by atoms with Crippen LogP contribution in [0.4, 0.5) is 0 Å². The third-order valence-electron chi connectivity index (χ3n) is 3.51. The fraction of sp³-hybridized carbons (Fsp3) is 0.625. The van der Waals surface area contributed by atoms with Crippen molar-refractivity contribution in [2.45, 2.75) is 51.7 Å². The molecule has 1 N–H and O–H groups in total. The van der Waals surface area contributed by atoms with Crippen LogP contribution in [0.1, 0.15) is 39.2 Å². The van der Waals surface area contributed by atoms with Crippen molar-refractivity contribution in [3.05, 3.63) is 35.9 Å². The maximum Gasteiger partial charge on any atom is 0.0778 e. The molecule has 0 heterocycles. The number of aryl methyl sites for hydroxylation is 1. The molecule has 1 unspecified atom stereocenters. The number of hydrogen-bond acceptors (Lipinski definition) is 2. The maximum absolute atomic E-state index is 5.82. The number of ether oxygens (including phenoxy) is 1. The monoisotopic (exact) mass is 249 g/mol. The molecule has 0 spiro atoms. The first-order valence-electron chi connectivity index (χ1n) is 6.95. The number of hydrogen-bond donors (Lipinski definition) is 1. The van der Waals surface area contributed by atoms with Crippen molar-refractivity contribution in [2.24, 2.45) is 0 Å². The van der Waals surface area contributed by atoms with E-state index in [0.29, 0.717) is 6.04 Å². The van der Waals surface area contributed by atoms with Gasteiger partial charge in [-0.3, -0.25) is 0 Å². The van der Waals surface area contributed by atoms with E-state index < -0.39 is 0 Å². The maximum atomic E-state index is 5.82. The SMILES string of the molecule is CCOC(C)(C)C(CCCc1ccccc1)NC. The smallest absolute Gasteiger partial charge is 0.0778 e. The van der Waals surface area contributed by atoms with Gasteiger partial charge in [-0.2, -0.15) is 0 Å². The summed E-state index contributed by atoms with van der Waals surface area (Å²) >= 11 is 0. The van der Waals surface area contributed by atoms with E-state index >= 15 is 0 Å². The zero-order chi connectivity index (χ0) is 13.4. The number of likely N-dealkylation sites (N-methyl/N-ethyl adjacent to an activating group) is 1. The molecule has 0 radical (unpaired) electrons. The van der Waals surface area contributed by atoms with Gasteiger partial charge >= 0.3 is 0 Å². The van der Waals surface area contributed by atoms with Crippen LogP contribution in [0.15, 0.2) is 30.3 Å². The summed E-state index contributed by atoms with van der Waals surface area (Å²) in [4.78, 5) is 0. The molecule has 1 aromatic carbocycles. The topological polar surface area (TPSA) is 21.3 Å². The van der Waals surface area contributed by atoms with E-state index in [1.54, 1.807) is 0 Å². The zero-order valence-electron chi connectivity index (χ0n) is 12.2. The van der Waals surface area contributed by atoms with Crippen LogP contribution in [0.3, 0.4) is 0 Å². The number of benzene rings is 1. The number of rotatable bonds is 8. The van der Waals surface area contributed by atoms with Crippen molar-refractivity contribution < 1.29 is 4.74 Å². The van der Waals surface area contributed by atoms with Crippen molar-refractivity contribution in [1.82, 2.24) is 5.32 Å². The lowest BCUT2D eigenvalue weighted by Crippen LogP contribution is -2.47. The second-order valence-corrected chi connectivity index (χ2v) is 5.26. The first-order valence-corrected chi connectivity index (χ1v) is 6.95. The van der Waals surface area contributed by atoms with Crippen LogP contribution < -0.4 is 5.32 Å². The largest absolute Gasteiger partial charge is 0.374 e. The predicted molar refractivity (Wildman–Crippen MR) is 77.9 cm³/mol. The summed E-state index contributed by atoms with van der Waals surface area (Å²) in [6.07, 6.45) is 3.46. The van der Waals surface area contributed by atoms with E-state index in [1.165, 1.54) is 12.0 Å². The highest BCUT2D eigenvalue weighted by Gasteiger charge is 2.28. The molecule has 0 aliphatic heterocycles. The van der Waals surface area contributed by atoms with E-state index in [9.17, 15) is 0 Å². The highest BCUT2D eigenvalue weighted by Crippen LogP contribution is 2.19. The first kappa shape index (κ1) is 15.2. The van der Waals surface area contributed by atoms with Gasteiger partial charge in [0, 0.05) is 12.6 Å². The summed E-state index contributed by atoms with van der Waals surface area (Å²) in [6.45, 7) is 7.16. The van der Waals surface area contributed by atoms with Crippen LogP contribution >= 0.6 is 0 Å². The standard InChI is InChI=1S/C16H27NO/c1-5-18-16(2,3)15(17-4)13-9-12-14-10-7-6-8-11-14/h6-8,10-11,15,17H,5,9,12-13H2,1-4H3. The molecular weight excluding hydrogens is 222 g/mol. The van der Waals surface area contributed by atoms with Gasteiger partial charge in [0.2, 0.25) is 0 Å². The van der Waals surface area contributed by atoms with E-state index in [0.717, 1.165) is 19.4 Å². The average molecular weight is 249 g/mol. The van der Waals surface area contributed by atoms with Crippen molar-refractivity contribution in [1.29, 1.82) is 0 Å². The lowest BCUT2D eigenvalue weighted by molar-refractivity contribution is -0.0387. The predicted octanol–water partition coefficient (Wildman–Crippen LogP) is 3.41. The van der Waals surface area contributed by atoms with Gasteiger partial charge in [-0.1, -0.05) is 30.3 Å². The Balaban J connectivity index is 2.40. The summed E-state index contributed by atoms with van der Waals surface area (Å²) in [7, 11) is 2.02. The van der Waals surface area contributed by atoms with Crippen LogP contribution in [-0.4, -0.2) is 25.3 Å². The van der Waals surface area contributed by atoms with Gasteiger partial charge in [0.05, 0.1) is 5.60 Å². The molecule has 2 heteroatoms. The molecular formula is C16H27NO. The van der Waals surface area contributed by atoms with E-state index in [4.69, 9.17) is 4.74 Å². The van der Waals surface area contributed by atoms with Crippen LogP contribution in [0.2, 0.25) is 0 Å². The van der Waals surface area contributed by atoms with Gasteiger partial charge in [0.1, 0.15) is 0 Å². The van der Waals surface area contributed by atoms with Gasteiger partial charge < -0.3 is 10.1 Å². The molecule has 1 atom stereocenters. The second kappa shape index (κ2) is 7.55. The molecule has 18 heavy (non-hydrogen) atoms. The first-order chi connectivity index (χ1) is 8.60. The molecule has 1 rings (SSSR count). The van der Waals surface area contributed by atoms with E-state index in [-0.39, 0.29) is 5.60 Å². The minimum atomic E-state index is -0.0970. The summed E-state index contributed by atoms with van der Waals surface area (Å²) in [5.74, 6) is 0. The summed E-state index contributed by atoms with van der Waals surface area (Å²) in [5, 5.41) is 3.39. The van der Waals surface area contributed by atoms with Gasteiger partial charge in [-0.25, -0.2) is 0 Å². The summed E-state index contributed by atoms with van der Waals surface area (Å²) < 4.78 is 5.82. The molecule has 1 aromatic rings. The lowest BCUT2D eigenvalue weighted by Gasteiger charge is -2.34. The second-order valence-electron chi connectivity index (χ2n) is 5.26. The van der Waals surface area contributed by atoms with E-state index in [2.05, 4.69) is 56.4 Å². The highest BCUT2D eigenvalue weighted by atomic mass is 16.5. The molecule has 102 valence electrons. The third-order valence-corrected chi connectivity index (χ3v) is 3.51. The summed E-state index contributed by atoms with van der Waals surface area (Å²) in [5.41, 5.74) is 1.32. The molecule has 2 nitrogen and oxygen atoms in total. The Kier molecular flexibility index (Phi) is 6.37. The molecule has 0 bridgehead atoms. The van der Waals surface area contributed by atoms with Crippen molar-refractivity contribution in [2.75, 3.05) is 13.7 Å². The summed E-state index contributed by atoms with van der Waals surface area (Å²) in [6, 6.07) is 11.1. The van der Waals surface area contributed by atoms with E-state index in [1.807, 2.05) is 7.05 Å². The van der Waals surface area contributed by atoms with Crippen molar-refractivity contribution in [3.63, 3.8) is 0 Å². The van der Waals surface area contributed by atoms with Crippen LogP contribution in [0.25, 0.3) is 0 Å². The minimum Gasteiger partial charge on any atom is -0.374 e.